The number of nitrogens with one attached hydrogen (secondary N) is 4. The predicted molar refractivity (Wildman–Crippen MR) is 103 cm³/mol. The highest BCUT2D eigenvalue weighted by Crippen LogP contribution is 2.48. The lowest BCUT2D eigenvalue weighted by Crippen LogP contribution is -2.60. The second kappa shape index (κ2) is 6.43. The Bertz CT molecular complexity index is 939. The van der Waals surface area contributed by atoms with E-state index in [0.717, 1.165) is 19.2 Å². The minimum Gasteiger partial charge on any atom is -0.338 e. The van der Waals surface area contributed by atoms with E-state index in [4.69, 9.17) is 0 Å². The van der Waals surface area contributed by atoms with Crippen LogP contribution in [0.15, 0.2) is 18.2 Å². The fraction of sp³-hybridized carbons (Fsp3) is 0.600. The summed E-state index contributed by atoms with van der Waals surface area (Å²) in [7, 11) is 0. The number of hydrogen-bond donors (Lipinski definition) is 4. The molecule has 2 heterocycles. The van der Waals surface area contributed by atoms with Crippen molar-refractivity contribution in [1.29, 1.82) is 0 Å². The zero-order chi connectivity index (χ0) is 21.2. The molecule has 9 heteroatoms. The number of carbonyl (C=O) groups excluding carboxylic acids is 1. The molecule has 2 aliphatic rings. The lowest BCUT2D eigenvalue weighted by Gasteiger charge is -2.37. The number of nitrogens with zero attached hydrogens (tertiary/aromatic N) is 1. The van der Waals surface area contributed by atoms with Crippen LogP contribution in [0, 0.1) is 17.8 Å². The summed E-state index contributed by atoms with van der Waals surface area (Å²) in [6, 6.07) is 4.03. The number of benzene rings is 1. The van der Waals surface area contributed by atoms with Gasteiger partial charge in [-0.05, 0) is 58.7 Å². The fourth-order valence-electron chi connectivity index (χ4n) is 4.82. The first-order chi connectivity index (χ1) is 13.4. The topological polar surface area (TPSA) is 81.8 Å². The molecule has 6 nitrogen and oxygen atoms in total. The molecular weight excluding hydrogens is 383 g/mol. The van der Waals surface area contributed by atoms with Gasteiger partial charge in [0, 0.05) is 11.3 Å². The molecule has 1 amide bonds. The van der Waals surface area contributed by atoms with Crippen LogP contribution >= 0.6 is 0 Å². The largest absolute Gasteiger partial charge is 0.418 e. The zero-order valence-electron chi connectivity index (χ0n) is 16.9. The van der Waals surface area contributed by atoms with Gasteiger partial charge in [-0.2, -0.15) is 18.3 Å². The second-order valence-electron chi connectivity index (χ2n) is 9.17. The molecule has 1 aliphatic carbocycles. The molecule has 1 unspecified atom stereocenters. The molecule has 3 atom stereocenters. The lowest BCUT2D eigenvalue weighted by molar-refractivity contribution is -0.136. The van der Waals surface area contributed by atoms with Crippen molar-refractivity contribution in [2.45, 2.75) is 45.1 Å². The molecule has 158 valence electrons. The minimum absolute atomic E-state index is 0.0172. The Morgan fingerprint density at radius 3 is 2.41 bits per heavy atom. The third-order valence-corrected chi connectivity index (χ3v) is 5.97. The second-order valence-corrected chi connectivity index (χ2v) is 9.17. The van der Waals surface area contributed by atoms with Crippen molar-refractivity contribution in [3.8, 4) is 0 Å². The quantitative estimate of drug-likeness (QED) is 0.573. The molecule has 0 radical (unpaired) electrons. The highest BCUT2D eigenvalue weighted by atomic mass is 19.4. The number of aromatic nitrogens is 2. The number of hydrogen-bond acceptors (Lipinski definition) is 4. The maximum atomic E-state index is 13.3. The molecule has 1 aliphatic heterocycles. The number of aromatic amines is 1. The van der Waals surface area contributed by atoms with Gasteiger partial charge in [-0.3, -0.25) is 15.2 Å². The summed E-state index contributed by atoms with van der Waals surface area (Å²) >= 11 is 0. The van der Waals surface area contributed by atoms with Crippen molar-refractivity contribution in [3.63, 3.8) is 0 Å². The van der Waals surface area contributed by atoms with Crippen LogP contribution in [-0.4, -0.2) is 34.9 Å². The van der Waals surface area contributed by atoms with Gasteiger partial charge in [-0.15, -0.1) is 0 Å². The summed E-state index contributed by atoms with van der Waals surface area (Å²) < 4.78 is 39.9. The average Bonchev–Trinajstić information content (AvgIpc) is 2.95. The lowest BCUT2D eigenvalue weighted by atomic mass is 9.94. The first-order valence-electron chi connectivity index (χ1n) is 9.77. The summed E-state index contributed by atoms with van der Waals surface area (Å²) in [5, 5.41) is 16.8. The van der Waals surface area contributed by atoms with E-state index < -0.39 is 22.9 Å². The Morgan fingerprint density at radius 2 is 1.79 bits per heavy atom. The third-order valence-electron chi connectivity index (χ3n) is 5.97. The number of fused-ring (bicyclic) bond motifs is 2. The fourth-order valence-corrected chi connectivity index (χ4v) is 4.82. The first-order valence-corrected chi connectivity index (χ1v) is 9.77. The Kier molecular flexibility index (Phi) is 4.47. The van der Waals surface area contributed by atoms with Crippen molar-refractivity contribution in [2.24, 2.45) is 17.8 Å². The minimum atomic E-state index is -4.48. The highest BCUT2D eigenvalue weighted by Gasteiger charge is 2.57. The van der Waals surface area contributed by atoms with Crippen LogP contribution in [0.2, 0.25) is 0 Å². The van der Waals surface area contributed by atoms with Crippen LogP contribution in [0.5, 0.6) is 0 Å². The van der Waals surface area contributed by atoms with E-state index in [9.17, 15) is 18.0 Å². The average molecular weight is 409 g/mol. The summed E-state index contributed by atoms with van der Waals surface area (Å²) in [6.07, 6.45) is -4.48. The zero-order valence-corrected chi connectivity index (χ0v) is 16.9. The number of carbonyl (C=O) groups is 1. The summed E-state index contributed by atoms with van der Waals surface area (Å²) in [4.78, 5) is 12.7. The number of amides is 1. The van der Waals surface area contributed by atoms with Crippen molar-refractivity contribution < 1.29 is 18.0 Å². The van der Waals surface area contributed by atoms with Crippen LogP contribution in [0.4, 0.5) is 13.2 Å². The number of rotatable bonds is 5. The van der Waals surface area contributed by atoms with E-state index >= 15 is 0 Å². The van der Waals surface area contributed by atoms with Crippen LogP contribution in [0.3, 0.4) is 0 Å². The van der Waals surface area contributed by atoms with Gasteiger partial charge in [-0.25, -0.2) is 0 Å². The van der Waals surface area contributed by atoms with Gasteiger partial charge < -0.3 is 10.6 Å². The van der Waals surface area contributed by atoms with Crippen molar-refractivity contribution in [2.75, 3.05) is 13.1 Å². The summed E-state index contributed by atoms with van der Waals surface area (Å²) in [6.45, 7) is 9.16. The Labute approximate surface area is 167 Å². The predicted octanol–water partition coefficient (Wildman–Crippen LogP) is 2.72. The van der Waals surface area contributed by atoms with Gasteiger partial charge in [0.2, 0.25) is 5.91 Å². The number of piperidine rings is 1. The Balaban J connectivity index is 1.54. The molecule has 1 aromatic carbocycles. The van der Waals surface area contributed by atoms with Gasteiger partial charge in [-0.1, -0.05) is 12.1 Å². The van der Waals surface area contributed by atoms with Crippen molar-refractivity contribution >= 4 is 16.8 Å². The maximum absolute atomic E-state index is 13.3. The van der Waals surface area contributed by atoms with Crippen molar-refractivity contribution in [3.05, 3.63) is 29.5 Å². The molecule has 29 heavy (non-hydrogen) atoms. The van der Waals surface area contributed by atoms with Gasteiger partial charge >= 0.3 is 6.18 Å². The molecule has 0 spiro atoms. The Morgan fingerprint density at radius 1 is 1.14 bits per heavy atom. The highest BCUT2D eigenvalue weighted by molar-refractivity contribution is 5.86. The van der Waals surface area contributed by atoms with Crippen LogP contribution in [0.1, 0.15) is 39.0 Å². The van der Waals surface area contributed by atoms with Gasteiger partial charge in [0.25, 0.3) is 0 Å². The van der Waals surface area contributed by atoms with Crippen molar-refractivity contribution in [1.82, 2.24) is 26.1 Å². The maximum Gasteiger partial charge on any atom is 0.418 e. The third kappa shape index (κ3) is 3.61. The molecule has 1 aromatic heterocycles. The molecule has 1 saturated carbocycles. The smallest absolute Gasteiger partial charge is 0.338 e. The molecule has 0 bridgehead atoms. The van der Waals surface area contributed by atoms with E-state index in [1.54, 1.807) is 6.07 Å². The normalized spacial score (nSPS) is 24.6. The monoisotopic (exact) mass is 409 g/mol. The van der Waals surface area contributed by atoms with E-state index in [-0.39, 0.29) is 17.3 Å². The summed E-state index contributed by atoms with van der Waals surface area (Å²) in [5.41, 5.74) is -1.87. The molecular formula is C20H26F3N5O. The Hall–Kier alpha value is -2.13. The summed E-state index contributed by atoms with van der Waals surface area (Å²) in [5.74, 6) is 0.888. The molecule has 1 saturated heterocycles. The van der Waals surface area contributed by atoms with Crippen LogP contribution < -0.4 is 16.0 Å². The SMILES string of the molecule is CC(C)(NC(=O)C1[C@H]2CNC[C@@H]12)NC(C)(C)c1[nH]nc2c(C(F)(F)F)cccc12. The van der Waals surface area contributed by atoms with E-state index in [2.05, 4.69) is 26.1 Å². The van der Waals surface area contributed by atoms with Gasteiger partial charge in [0.05, 0.1) is 22.5 Å². The standard InChI is InChI=1S/C20H26F3N5O/c1-18(2,16-10-6-5-7-13(20(21,22)23)15(10)26-27-16)28-19(3,4)25-17(29)14-11-8-24-9-12(11)14/h5-7,11-12,14,24,28H,8-9H2,1-4H3,(H,25,29)(H,26,27)/t11-,12+,14?. The number of para-hydroxylation sites is 1. The molecule has 4 N–H and O–H groups in total. The number of alkyl halides is 3. The van der Waals surface area contributed by atoms with E-state index in [0.29, 0.717) is 22.9 Å². The molecule has 2 aromatic rings. The number of H-pyrrole nitrogens is 1. The van der Waals surface area contributed by atoms with Gasteiger partial charge in [0.1, 0.15) is 5.52 Å². The van der Waals surface area contributed by atoms with E-state index in [1.165, 1.54) is 6.07 Å². The molecule has 4 rings (SSSR count). The van der Waals surface area contributed by atoms with Crippen LogP contribution in [0.25, 0.3) is 10.9 Å². The molecule has 2 fully saturated rings. The van der Waals surface area contributed by atoms with E-state index in [1.807, 2.05) is 27.7 Å². The number of halogens is 3. The van der Waals surface area contributed by atoms with Gasteiger partial charge in [0.15, 0.2) is 0 Å². The van der Waals surface area contributed by atoms with Crippen LogP contribution in [-0.2, 0) is 16.5 Å². The first kappa shape index (κ1) is 20.2.